The van der Waals surface area contributed by atoms with Gasteiger partial charge in [0, 0.05) is 19.2 Å². The van der Waals surface area contributed by atoms with Crippen LogP contribution in [0.4, 0.5) is 17.2 Å². The number of ether oxygens (including phenoxy) is 1. The van der Waals surface area contributed by atoms with Gasteiger partial charge < -0.3 is 15.4 Å². The molecule has 2 rings (SSSR count). The van der Waals surface area contributed by atoms with Crippen molar-refractivity contribution in [3.05, 3.63) is 54.7 Å². The highest BCUT2D eigenvalue weighted by Gasteiger charge is 2.25. The number of nitrogens with zero attached hydrogens (tertiary/aromatic N) is 3. The van der Waals surface area contributed by atoms with Gasteiger partial charge in [0.25, 0.3) is 11.5 Å². The summed E-state index contributed by atoms with van der Waals surface area (Å²) < 4.78 is 6.69. The van der Waals surface area contributed by atoms with Crippen LogP contribution in [0.1, 0.15) is 39.2 Å². The van der Waals surface area contributed by atoms with Crippen LogP contribution in [0.2, 0.25) is 0 Å². The lowest BCUT2D eigenvalue weighted by Gasteiger charge is -2.25. The lowest BCUT2D eigenvalue weighted by molar-refractivity contribution is -0.385. The third-order valence-corrected chi connectivity index (χ3v) is 4.73. The van der Waals surface area contributed by atoms with Crippen molar-refractivity contribution in [3.8, 4) is 5.75 Å². The molecule has 1 aromatic heterocycles. The van der Waals surface area contributed by atoms with Gasteiger partial charge in [0.1, 0.15) is 5.82 Å². The number of carbonyl (C=O) groups is 1. The molecule has 32 heavy (non-hydrogen) atoms. The van der Waals surface area contributed by atoms with Gasteiger partial charge in [0.15, 0.2) is 18.0 Å². The van der Waals surface area contributed by atoms with Gasteiger partial charge in [-0.2, -0.15) is 0 Å². The lowest BCUT2D eigenvalue weighted by atomic mass is 10.2. The number of hydrogen-bond acceptors (Lipinski definition) is 7. The quantitative estimate of drug-likeness (QED) is 0.418. The lowest BCUT2D eigenvalue weighted by Crippen LogP contribution is -2.43. The molecule has 0 fully saturated rings. The molecule has 0 unspecified atom stereocenters. The van der Waals surface area contributed by atoms with Crippen LogP contribution in [0.5, 0.6) is 5.75 Å². The second kappa shape index (κ2) is 10.6. The van der Waals surface area contributed by atoms with E-state index in [1.807, 2.05) is 20.8 Å². The molecule has 0 atom stereocenters. The van der Waals surface area contributed by atoms with Gasteiger partial charge in [-0.15, -0.1) is 0 Å². The highest BCUT2D eigenvalue weighted by atomic mass is 16.6. The Morgan fingerprint density at radius 2 is 2.03 bits per heavy atom. The molecule has 174 valence electrons. The Labute approximate surface area is 185 Å². The van der Waals surface area contributed by atoms with Crippen LogP contribution < -0.4 is 26.6 Å². The highest BCUT2D eigenvalue weighted by Crippen LogP contribution is 2.28. The van der Waals surface area contributed by atoms with Crippen molar-refractivity contribution < 1.29 is 14.5 Å². The van der Waals surface area contributed by atoms with E-state index in [9.17, 15) is 24.5 Å². The van der Waals surface area contributed by atoms with E-state index in [1.165, 1.54) is 21.6 Å². The van der Waals surface area contributed by atoms with Crippen molar-refractivity contribution in [2.75, 3.05) is 23.8 Å². The fourth-order valence-electron chi connectivity index (χ4n) is 3.17. The van der Waals surface area contributed by atoms with Crippen molar-refractivity contribution in [2.24, 2.45) is 5.92 Å². The zero-order valence-corrected chi connectivity index (χ0v) is 18.7. The Morgan fingerprint density at radius 1 is 1.34 bits per heavy atom. The van der Waals surface area contributed by atoms with Gasteiger partial charge in [0.2, 0.25) is 0 Å². The van der Waals surface area contributed by atoms with E-state index in [-0.39, 0.29) is 41.9 Å². The van der Waals surface area contributed by atoms with Crippen LogP contribution in [0.3, 0.4) is 0 Å². The summed E-state index contributed by atoms with van der Waals surface area (Å²) in [5.41, 5.74) is 5.04. The van der Waals surface area contributed by atoms with Crippen LogP contribution in [-0.4, -0.2) is 33.5 Å². The zero-order valence-electron chi connectivity index (χ0n) is 18.7. The molecule has 0 aliphatic rings. The predicted octanol–water partition coefficient (Wildman–Crippen LogP) is 2.20. The molecule has 0 aliphatic carbocycles. The Balaban J connectivity index is 2.42. The first-order chi connectivity index (χ1) is 15.1. The van der Waals surface area contributed by atoms with Gasteiger partial charge in [-0.3, -0.25) is 29.3 Å². The summed E-state index contributed by atoms with van der Waals surface area (Å²) >= 11 is 0. The molecular formula is C21H29N5O6. The normalized spacial score (nSPS) is 10.9. The summed E-state index contributed by atoms with van der Waals surface area (Å²) in [5.74, 6) is -0.705. The number of carbonyl (C=O) groups excluding carboxylic acids is 1. The van der Waals surface area contributed by atoms with E-state index in [1.54, 1.807) is 13.0 Å². The summed E-state index contributed by atoms with van der Waals surface area (Å²) in [7, 11) is 0. The number of benzene rings is 1. The Hall–Kier alpha value is -3.63. The maximum atomic E-state index is 13.0. The second-order valence-electron chi connectivity index (χ2n) is 7.91. The first kappa shape index (κ1) is 24.6. The molecule has 0 saturated carbocycles. The van der Waals surface area contributed by atoms with Gasteiger partial charge in [0.05, 0.1) is 4.92 Å². The van der Waals surface area contributed by atoms with Crippen LogP contribution in [0.15, 0.2) is 27.8 Å². The third-order valence-electron chi connectivity index (χ3n) is 4.73. The zero-order chi connectivity index (χ0) is 24.0. The topological polar surface area (TPSA) is 154 Å². The number of anilines is 2. The van der Waals surface area contributed by atoms with Crippen LogP contribution in [-0.2, 0) is 11.3 Å². The molecule has 0 radical (unpaired) electrons. The fourth-order valence-corrected chi connectivity index (χ4v) is 3.17. The van der Waals surface area contributed by atoms with Gasteiger partial charge in [-0.25, -0.2) is 4.79 Å². The number of nitro groups is 1. The number of nitrogens with two attached hydrogens (primary N) is 1. The number of aryl methyl sites for hydroxylation is 1. The molecule has 11 heteroatoms. The highest BCUT2D eigenvalue weighted by molar-refractivity contribution is 5.96. The number of nitrogen functional groups attached to an aromatic ring is 1. The number of amides is 1. The molecule has 0 spiro atoms. The molecule has 1 heterocycles. The molecule has 3 N–H and O–H groups in total. The Kier molecular flexibility index (Phi) is 8.16. The van der Waals surface area contributed by atoms with E-state index in [0.29, 0.717) is 6.42 Å². The summed E-state index contributed by atoms with van der Waals surface area (Å²) in [6.07, 6.45) is 1.30. The maximum absolute atomic E-state index is 13.0. The van der Waals surface area contributed by atoms with Gasteiger partial charge >= 0.3 is 11.4 Å². The summed E-state index contributed by atoms with van der Waals surface area (Å²) in [6.45, 7) is 7.32. The standard InChI is InChI=1S/C21H29N5O6/c1-5-6-9-24(18-19(22)25(11-13(2)3)21(29)23-20(18)28)17(27)12-32-16-10-14(4)7-8-15(16)26(30)31/h7-8,10,13H,5-6,9,11-12,22H2,1-4H3,(H,23,28,29). The summed E-state index contributed by atoms with van der Waals surface area (Å²) in [5, 5.41) is 11.3. The van der Waals surface area contributed by atoms with Gasteiger partial charge in [-0.05, 0) is 30.9 Å². The van der Waals surface area contributed by atoms with E-state index in [2.05, 4.69) is 4.98 Å². The molecule has 1 amide bonds. The van der Waals surface area contributed by atoms with Crippen molar-refractivity contribution in [1.82, 2.24) is 9.55 Å². The van der Waals surface area contributed by atoms with E-state index in [4.69, 9.17) is 10.5 Å². The number of aromatic amines is 1. The number of nitro benzene ring substituents is 1. The van der Waals surface area contributed by atoms with Crippen LogP contribution >= 0.6 is 0 Å². The first-order valence-corrected chi connectivity index (χ1v) is 10.4. The second-order valence-corrected chi connectivity index (χ2v) is 7.91. The molecular weight excluding hydrogens is 418 g/mol. The largest absolute Gasteiger partial charge is 0.477 e. The van der Waals surface area contributed by atoms with Crippen molar-refractivity contribution in [3.63, 3.8) is 0 Å². The number of nitrogens with one attached hydrogen (secondary N) is 1. The van der Waals surface area contributed by atoms with E-state index < -0.39 is 28.7 Å². The number of aromatic nitrogens is 2. The summed E-state index contributed by atoms with van der Waals surface area (Å²) in [6, 6.07) is 4.33. The van der Waals surface area contributed by atoms with Crippen molar-refractivity contribution in [2.45, 2.75) is 47.1 Å². The van der Waals surface area contributed by atoms with E-state index in [0.717, 1.165) is 12.0 Å². The minimum absolute atomic E-state index is 0.0505. The van der Waals surface area contributed by atoms with Crippen LogP contribution in [0.25, 0.3) is 0 Å². The van der Waals surface area contributed by atoms with Crippen molar-refractivity contribution >= 4 is 23.1 Å². The summed E-state index contributed by atoms with van der Waals surface area (Å²) in [4.78, 5) is 51.9. The fraction of sp³-hybridized carbons (Fsp3) is 0.476. The molecule has 11 nitrogen and oxygen atoms in total. The number of rotatable bonds is 10. The number of H-pyrrole nitrogens is 1. The minimum atomic E-state index is -0.779. The monoisotopic (exact) mass is 447 g/mol. The van der Waals surface area contributed by atoms with Crippen molar-refractivity contribution in [1.29, 1.82) is 0 Å². The SMILES string of the molecule is CCCCN(C(=O)COc1cc(C)ccc1[N+](=O)[O-])c1c(N)n(CC(C)C)c(=O)[nH]c1=O. The molecule has 0 saturated heterocycles. The molecule has 0 bridgehead atoms. The van der Waals surface area contributed by atoms with E-state index >= 15 is 0 Å². The smallest absolute Gasteiger partial charge is 0.330 e. The average Bonchev–Trinajstić information content (AvgIpc) is 2.71. The molecule has 2 aromatic rings. The third kappa shape index (κ3) is 5.74. The van der Waals surface area contributed by atoms with Crippen LogP contribution in [0, 0.1) is 23.0 Å². The number of hydrogen-bond donors (Lipinski definition) is 2. The first-order valence-electron chi connectivity index (χ1n) is 10.4. The predicted molar refractivity (Wildman–Crippen MR) is 121 cm³/mol. The minimum Gasteiger partial charge on any atom is -0.477 e. The molecule has 1 aromatic carbocycles. The maximum Gasteiger partial charge on any atom is 0.330 e. The Morgan fingerprint density at radius 3 is 2.62 bits per heavy atom. The van der Waals surface area contributed by atoms with Gasteiger partial charge in [-0.1, -0.05) is 33.3 Å². The number of unbranched alkanes of at least 4 members (excludes halogenated alkanes) is 1. The molecule has 0 aliphatic heterocycles. The average molecular weight is 447 g/mol. The Bertz CT molecular complexity index is 1100.